The molecule has 1 aliphatic heterocycles. The standard InChI is InChI=1S/C13H24N4S.ClH/c1-9(2)11-6-17(7-12(11)16(4)5)8-13-15-14-10(3)18-13;/h9,11-12H,6-8H2,1-5H3;1H/t11-,12+;/m1./s1. The molecule has 0 aliphatic carbocycles. The van der Waals surface area contributed by atoms with E-state index in [1.54, 1.807) is 11.3 Å². The second-order valence-corrected chi connectivity index (χ2v) is 7.11. The molecular weight excluding hydrogens is 280 g/mol. The van der Waals surface area contributed by atoms with Crippen LogP contribution in [-0.2, 0) is 6.54 Å². The summed E-state index contributed by atoms with van der Waals surface area (Å²) in [6.45, 7) is 9.97. The summed E-state index contributed by atoms with van der Waals surface area (Å²) >= 11 is 1.72. The van der Waals surface area contributed by atoms with E-state index in [1.807, 2.05) is 6.92 Å². The van der Waals surface area contributed by atoms with Gasteiger partial charge in [-0.1, -0.05) is 13.8 Å². The fraction of sp³-hybridized carbons (Fsp3) is 0.846. The fourth-order valence-corrected chi connectivity index (χ4v) is 3.57. The number of likely N-dealkylation sites (N-methyl/N-ethyl adjacent to an activating group) is 1. The second-order valence-electron chi connectivity index (χ2n) is 5.85. The van der Waals surface area contributed by atoms with Crippen molar-refractivity contribution in [1.29, 1.82) is 0 Å². The highest BCUT2D eigenvalue weighted by Crippen LogP contribution is 2.28. The van der Waals surface area contributed by atoms with E-state index in [0.29, 0.717) is 6.04 Å². The van der Waals surface area contributed by atoms with E-state index in [4.69, 9.17) is 0 Å². The van der Waals surface area contributed by atoms with E-state index in [9.17, 15) is 0 Å². The lowest BCUT2D eigenvalue weighted by molar-refractivity contribution is 0.215. The van der Waals surface area contributed by atoms with Crippen LogP contribution in [0.4, 0.5) is 0 Å². The molecule has 0 saturated carbocycles. The SMILES string of the molecule is Cc1nnc(CN2C[C@H](C(C)C)[C@@H](N(C)C)C2)s1.Cl. The van der Waals surface area contributed by atoms with Gasteiger partial charge in [-0.05, 0) is 32.9 Å². The van der Waals surface area contributed by atoms with Crippen LogP contribution in [-0.4, -0.2) is 53.2 Å². The maximum Gasteiger partial charge on any atom is 0.131 e. The number of nitrogens with zero attached hydrogens (tertiary/aromatic N) is 4. The third-order valence-electron chi connectivity index (χ3n) is 3.85. The van der Waals surface area contributed by atoms with Gasteiger partial charge in [0.2, 0.25) is 0 Å². The van der Waals surface area contributed by atoms with Crippen molar-refractivity contribution >= 4 is 23.7 Å². The Bertz CT molecular complexity index is 378. The Hall–Kier alpha value is -0.230. The first-order valence-electron chi connectivity index (χ1n) is 6.65. The van der Waals surface area contributed by atoms with E-state index in [0.717, 1.165) is 34.9 Å². The van der Waals surface area contributed by atoms with Gasteiger partial charge in [-0.25, -0.2) is 0 Å². The maximum atomic E-state index is 4.23. The highest BCUT2D eigenvalue weighted by molar-refractivity contribution is 7.11. The van der Waals surface area contributed by atoms with Crippen molar-refractivity contribution in [2.45, 2.75) is 33.4 Å². The minimum atomic E-state index is 0. The number of likely N-dealkylation sites (tertiary alicyclic amines) is 1. The molecule has 0 spiro atoms. The van der Waals surface area contributed by atoms with Gasteiger partial charge in [-0.3, -0.25) is 4.90 Å². The summed E-state index contributed by atoms with van der Waals surface area (Å²) in [6.07, 6.45) is 0. The van der Waals surface area contributed by atoms with Gasteiger partial charge in [-0.15, -0.1) is 33.9 Å². The molecule has 4 nitrogen and oxygen atoms in total. The van der Waals surface area contributed by atoms with Gasteiger partial charge in [0.05, 0.1) is 6.54 Å². The van der Waals surface area contributed by atoms with Crippen LogP contribution in [0.15, 0.2) is 0 Å². The minimum Gasteiger partial charge on any atom is -0.305 e. The molecule has 110 valence electrons. The normalized spacial score (nSPS) is 24.2. The van der Waals surface area contributed by atoms with Crippen LogP contribution in [0.5, 0.6) is 0 Å². The first kappa shape index (κ1) is 16.8. The first-order chi connectivity index (χ1) is 8.47. The molecule has 0 amide bonds. The Morgan fingerprint density at radius 2 is 2.00 bits per heavy atom. The zero-order valence-electron chi connectivity index (χ0n) is 12.5. The zero-order valence-corrected chi connectivity index (χ0v) is 14.1. The van der Waals surface area contributed by atoms with Gasteiger partial charge >= 0.3 is 0 Å². The molecule has 2 heterocycles. The Kier molecular flexibility index (Phi) is 6.17. The van der Waals surface area contributed by atoms with Crippen LogP contribution in [0, 0.1) is 18.8 Å². The Labute approximate surface area is 126 Å². The topological polar surface area (TPSA) is 32.3 Å². The molecule has 0 unspecified atom stereocenters. The van der Waals surface area contributed by atoms with Gasteiger partial charge < -0.3 is 4.90 Å². The second kappa shape index (κ2) is 6.97. The van der Waals surface area contributed by atoms with Crippen molar-refractivity contribution < 1.29 is 0 Å². The van der Waals surface area contributed by atoms with Crippen LogP contribution in [0.25, 0.3) is 0 Å². The molecule has 0 aromatic carbocycles. The number of rotatable bonds is 4. The average molecular weight is 305 g/mol. The zero-order chi connectivity index (χ0) is 13.3. The average Bonchev–Trinajstić information content (AvgIpc) is 2.85. The smallest absolute Gasteiger partial charge is 0.131 e. The maximum absolute atomic E-state index is 4.23. The number of aryl methyl sites for hydroxylation is 1. The lowest BCUT2D eigenvalue weighted by Crippen LogP contribution is -2.37. The number of aromatic nitrogens is 2. The lowest BCUT2D eigenvalue weighted by atomic mass is 9.91. The van der Waals surface area contributed by atoms with E-state index in [1.165, 1.54) is 6.54 Å². The third kappa shape index (κ3) is 4.12. The fourth-order valence-electron chi connectivity index (χ4n) is 2.82. The van der Waals surface area contributed by atoms with Crippen LogP contribution in [0.2, 0.25) is 0 Å². The summed E-state index contributed by atoms with van der Waals surface area (Å²) < 4.78 is 0. The Morgan fingerprint density at radius 3 is 2.42 bits per heavy atom. The first-order valence-corrected chi connectivity index (χ1v) is 7.46. The molecule has 1 aromatic rings. The summed E-state index contributed by atoms with van der Waals surface area (Å²) in [7, 11) is 4.39. The highest BCUT2D eigenvalue weighted by atomic mass is 35.5. The van der Waals surface area contributed by atoms with E-state index >= 15 is 0 Å². The molecule has 1 fully saturated rings. The number of halogens is 1. The summed E-state index contributed by atoms with van der Waals surface area (Å²) in [5, 5.41) is 10.5. The predicted molar refractivity (Wildman–Crippen MR) is 83.0 cm³/mol. The molecular formula is C13H25ClN4S. The van der Waals surface area contributed by atoms with Gasteiger partial charge in [0, 0.05) is 19.1 Å². The molecule has 19 heavy (non-hydrogen) atoms. The molecule has 1 saturated heterocycles. The van der Waals surface area contributed by atoms with Crippen LogP contribution >= 0.6 is 23.7 Å². The summed E-state index contributed by atoms with van der Waals surface area (Å²) in [4.78, 5) is 4.89. The molecule has 2 rings (SSSR count). The summed E-state index contributed by atoms with van der Waals surface area (Å²) in [5.41, 5.74) is 0. The lowest BCUT2D eigenvalue weighted by Gasteiger charge is -2.27. The molecule has 1 aliphatic rings. The van der Waals surface area contributed by atoms with Crippen LogP contribution in [0.1, 0.15) is 23.9 Å². The van der Waals surface area contributed by atoms with Gasteiger partial charge in [0.25, 0.3) is 0 Å². The minimum absolute atomic E-state index is 0. The van der Waals surface area contributed by atoms with Crippen LogP contribution < -0.4 is 0 Å². The van der Waals surface area contributed by atoms with Crippen molar-refractivity contribution in [3.63, 3.8) is 0 Å². The number of hydrogen-bond acceptors (Lipinski definition) is 5. The van der Waals surface area contributed by atoms with Crippen molar-refractivity contribution in [2.75, 3.05) is 27.2 Å². The van der Waals surface area contributed by atoms with E-state index in [2.05, 4.69) is 47.9 Å². The van der Waals surface area contributed by atoms with Gasteiger partial charge in [-0.2, -0.15) is 0 Å². The highest BCUT2D eigenvalue weighted by Gasteiger charge is 2.35. The van der Waals surface area contributed by atoms with E-state index < -0.39 is 0 Å². The molecule has 0 N–H and O–H groups in total. The van der Waals surface area contributed by atoms with Gasteiger partial charge in [0.1, 0.15) is 10.0 Å². The number of hydrogen-bond donors (Lipinski definition) is 0. The largest absolute Gasteiger partial charge is 0.305 e. The Balaban J connectivity index is 0.00000180. The van der Waals surface area contributed by atoms with Crippen molar-refractivity contribution in [1.82, 2.24) is 20.0 Å². The molecule has 1 aromatic heterocycles. The van der Waals surface area contributed by atoms with Crippen molar-refractivity contribution in [3.8, 4) is 0 Å². The molecule has 0 bridgehead atoms. The van der Waals surface area contributed by atoms with Gasteiger partial charge in [0.15, 0.2) is 0 Å². The molecule has 0 radical (unpaired) electrons. The molecule has 6 heteroatoms. The third-order valence-corrected chi connectivity index (χ3v) is 4.68. The summed E-state index contributed by atoms with van der Waals surface area (Å²) in [5.74, 6) is 1.49. The predicted octanol–water partition coefficient (Wildman–Crippen LogP) is 2.29. The molecule has 2 atom stereocenters. The monoisotopic (exact) mass is 304 g/mol. The van der Waals surface area contributed by atoms with Crippen molar-refractivity contribution in [2.24, 2.45) is 11.8 Å². The summed E-state index contributed by atoms with van der Waals surface area (Å²) in [6, 6.07) is 0.666. The van der Waals surface area contributed by atoms with E-state index in [-0.39, 0.29) is 12.4 Å². The Morgan fingerprint density at radius 1 is 1.32 bits per heavy atom. The van der Waals surface area contributed by atoms with Crippen molar-refractivity contribution in [3.05, 3.63) is 10.0 Å². The quantitative estimate of drug-likeness (QED) is 0.854. The van der Waals surface area contributed by atoms with Crippen LogP contribution in [0.3, 0.4) is 0 Å².